The van der Waals surface area contributed by atoms with Crippen LogP contribution in [0.2, 0.25) is 5.02 Å². The molecule has 0 unspecified atom stereocenters. The van der Waals surface area contributed by atoms with E-state index in [2.05, 4.69) is 67.6 Å². The zero-order valence-corrected chi connectivity index (χ0v) is 26.9. The molecule has 1 aliphatic carbocycles. The summed E-state index contributed by atoms with van der Waals surface area (Å²) in [5.41, 5.74) is 4.93. The summed E-state index contributed by atoms with van der Waals surface area (Å²) < 4.78 is 0. The highest BCUT2D eigenvalue weighted by molar-refractivity contribution is 7.16. The molecule has 1 aromatic heterocycles. The Hall–Kier alpha value is -2.63. The number of nitrogens with zero attached hydrogens (tertiary/aromatic N) is 1. The van der Waals surface area contributed by atoms with E-state index in [0.717, 1.165) is 46.5 Å². The first-order chi connectivity index (χ1) is 18.4. The highest BCUT2D eigenvalue weighted by atomic mass is 35.5. The Labute approximate surface area is 248 Å². The number of aromatic hydroxyl groups is 1. The third-order valence-corrected chi connectivity index (χ3v) is 9.29. The number of rotatable bonds is 4. The third kappa shape index (κ3) is 6.63. The van der Waals surface area contributed by atoms with Crippen molar-refractivity contribution in [1.82, 2.24) is 0 Å². The molecule has 4 nitrogen and oxygen atoms in total. The number of aliphatic imine (C=N–C) groups is 1. The molecule has 40 heavy (non-hydrogen) atoms. The van der Waals surface area contributed by atoms with E-state index in [1.54, 1.807) is 23.5 Å². The maximum absolute atomic E-state index is 13.7. The van der Waals surface area contributed by atoms with Gasteiger partial charge in [-0.3, -0.25) is 4.79 Å². The Kier molecular flexibility index (Phi) is 8.33. The van der Waals surface area contributed by atoms with Crippen LogP contribution in [-0.2, 0) is 23.7 Å². The van der Waals surface area contributed by atoms with Gasteiger partial charge >= 0.3 is 0 Å². The van der Waals surface area contributed by atoms with Gasteiger partial charge in [-0.25, -0.2) is 4.99 Å². The second-order valence-corrected chi connectivity index (χ2v) is 15.7. The molecular formula is C34H43ClN2O2S. The summed E-state index contributed by atoms with van der Waals surface area (Å²) in [6.07, 6.45) is 4.73. The summed E-state index contributed by atoms with van der Waals surface area (Å²) in [5, 5.41) is 15.6. The zero-order chi connectivity index (χ0) is 29.6. The van der Waals surface area contributed by atoms with Crippen molar-refractivity contribution < 1.29 is 9.90 Å². The summed E-state index contributed by atoms with van der Waals surface area (Å²) in [4.78, 5) is 19.9. The van der Waals surface area contributed by atoms with Crippen molar-refractivity contribution in [2.24, 2.45) is 16.3 Å². The standard InChI is InChI=1S/C34H43ClN2O2S/c1-32(2,3)21-10-15-24-27(18-21)40-31(28(24)30(39)37-23-13-11-22(35)12-14-23)36-19-20-16-25(33(4,5)6)29(38)26(17-20)34(7,8)9/h11-14,16-17,19,21,38H,10,15,18H2,1-9H3,(H,37,39)/t21-/m1/s1. The average Bonchev–Trinajstić information content (AvgIpc) is 3.20. The third-order valence-electron chi connectivity index (χ3n) is 7.88. The van der Waals surface area contributed by atoms with Crippen LogP contribution >= 0.6 is 22.9 Å². The molecule has 4 rings (SSSR count). The fourth-order valence-corrected chi connectivity index (χ4v) is 6.77. The molecular weight excluding hydrogens is 536 g/mol. The lowest BCUT2D eigenvalue weighted by Gasteiger charge is -2.33. The highest BCUT2D eigenvalue weighted by Crippen LogP contribution is 2.46. The summed E-state index contributed by atoms with van der Waals surface area (Å²) >= 11 is 7.70. The van der Waals surface area contributed by atoms with E-state index in [9.17, 15) is 9.90 Å². The van der Waals surface area contributed by atoms with Crippen LogP contribution in [0.3, 0.4) is 0 Å². The number of carbonyl (C=O) groups excluding carboxylic acids is 1. The fourth-order valence-electron chi connectivity index (χ4n) is 5.37. The maximum atomic E-state index is 13.7. The first-order valence-electron chi connectivity index (χ1n) is 14.1. The van der Waals surface area contributed by atoms with Crippen LogP contribution in [0.4, 0.5) is 10.7 Å². The number of halogens is 1. The molecule has 6 heteroatoms. The number of carbonyl (C=O) groups is 1. The lowest BCUT2D eigenvalue weighted by Crippen LogP contribution is -2.27. The van der Waals surface area contributed by atoms with Gasteiger partial charge in [-0.2, -0.15) is 0 Å². The van der Waals surface area contributed by atoms with Gasteiger partial charge in [0.1, 0.15) is 10.8 Å². The highest BCUT2D eigenvalue weighted by Gasteiger charge is 2.34. The normalized spacial score (nSPS) is 16.3. The Morgan fingerprint density at radius 1 is 1.00 bits per heavy atom. The minimum atomic E-state index is -0.235. The van der Waals surface area contributed by atoms with Gasteiger partial charge in [0.15, 0.2) is 0 Å². The monoisotopic (exact) mass is 578 g/mol. The lowest BCUT2D eigenvalue weighted by molar-refractivity contribution is 0.102. The van der Waals surface area contributed by atoms with Crippen LogP contribution in [-0.4, -0.2) is 17.2 Å². The van der Waals surface area contributed by atoms with Crippen molar-refractivity contribution in [3.05, 3.63) is 74.1 Å². The minimum Gasteiger partial charge on any atom is -0.507 e. The molecule has 1 atom stereocenters. The van der Waals surface area contributed by atoms with Gasteiger partial charge in [0.2, 0.25) is 0 Å². The number of benzene rings is 2. The van der Waals surface area contributed by atoms with Crippen molar-refractivity contribution in [3.8, 4) is 5.75 Å². The number of anilines is 1. The van der Waals surface area contributed by atoms with Crippen LogP contribution in [0.5, 0.6) is 5.75 Å². The molecule has 1 heterocycles. The van der Waals surface area contributed by atoms with Gasteiger partial charge in [-0.1, -0.05) is 73.9 Å². The Morgan fingerprint density at radius 3 is 2.10 bits per heavy atom. The van der Waals surface area contributed by atoms with Gasteiger partial charge in [0.25, 0.3) is 5.91 Å². The second-order valence-electron chi connectivity index (χ2n) is 14.2. The van der Waals surface area contributed by atoms with Gasteiger partial charge in [-0.05, 0) is 89.0 Å². The van der Waals surface area contributed by atoms with Crippen molar-refractivity contribution in [2.75, 3.05) is 5.32 Å². The van der Waals surface area contributed by atoms with Crippen molar-refractivity contribution >= 4 is 45.7 Å². The van der Waals surface area contributed by atoms with Crippen molar-refractivity contribution in [1.29, 1.82) is 0 Å². The Balaban J connectivity index is 1.79. The number of nitrogens with one attached hydrogen (secondary N) is 1. The number of amides is 1. The zero-order valence-electron chi connectivity index (χ0n) is 25.3. The molecule has 0 spiro atoms. The molecule has 2 aromatic carbocycles. The number of fused-ring (bicyclic) bond motifs is 1. The molecule has 0 saturated carbocycles. The molecule has 3 aromatic rings. The first-order valence-corrected chi connectivity index (χ1v) is 15.3. The largest absolute Gasteiger partial charge is 0.507 e. The van der Waals surface area contributed by atoms with E-state index < -0.39 is 0 Å². The Morgan fingerprint density at radius 2 is 1.57 bits per heavy atom. The van der Waals surface area contributed by atoms with E-state index in [0.29, 0.717) is 27.9 Å². The maximum Gasteiger partial charge on any atom is 0.259 e. The molecule has 214 valence electrons. The van der Waals surface area contributed by atoms with Crippen LogP contribution < -0.4 is 5.32 Å². The van der Waals surface area contributed by atoms with E-state index in [-0.39, 0.29) is 22.2 Å². The first kappa shape index (κ1) is 30.3. The van der Waals surface area contributed by atoms with Crippen LogP contribution in [0.15, 0.2) is 41.4 Å². The lowest BCUT2D eigenvalue weighted by atomic mass is 9.72. The topological polar surface area (TPSA) is 61.7 Å². The molecule has 0 saturated heterocycles. The molecule has 0 bridgehead atoms. The number of hydrogen-bond acceptors (Lipinski definition) is 4. The van der Waals surface area contributed by atoms with Crippen molar-refractivity contribution in [2.45, 2.75) is 92.4 Å². The van der Waals surface area contributed by atoms with Gasteiger partial charge < -0.3 is 10.4 Å². The van der Waals surface area contributed by atoms with E-state index >= 15 is 0 Å². The molecule has 2 N–H and O–H groups in total. The van der Waals surface area contributed by atoms with E-state index in [4.69, 9.17) is 16.6 Å². The summed E-state index contributed by atoms with van der Waals surface area (Å²) in [6, 6.07) is 11.2. The molecule has 1 amide bonds. The smallest absolute Gasteiger partial charge is 0.259 e. The summed E-state index contributed by atoms with van der Waals surface area (Å²) in [5.74, 6) is 0.765. The number of phenolic OH excluding ortho intramolecular Hbond substituents is 1. The van der Waals surface area contributed by atoms with Crippen LogP contribution in [0, 0.1) is 11.3 Å². The van der Waals surface area contributed by atoms with Gasteiger partial charge in [-0.15, -0.1) is 11.3 Å². The SMILES string of the molecule is CC(C)(C)c1cc(C=Nc2sc3c(c2C(=O)Nc2ccc(Cl)cc2)CC[C@@H](C(C)(C)C)C3)cc(C(C)(C)C)c1O. The number of phenols is 1. The molecule has 1 aliphatic rings. The van der Waals surface area contributed by atoms with Crippen LogP contribution in [0.25, 0.3) is 0 Å². The second kappa shape index (κ2) is 11.0. The predicted octanol–water partition coefficient (Wildman–Crippen LogP) is 9.86. The predicted molar refractivity (Wildman–Crippen MR) is 171 cm³/mol. The summed E-state index contributed by atoms with van der Waals surface area (Å²) in [7, 11) is 0. The average molecular weight is 579 g/mol. The number of thiophene rings is 1. The van der Waals surface area contributed by atoms with Gasteiger partial charge in [0.05, 0.1) is 5.56 Å². The minimum absolute atomic E-state index is 0.141. The van der Waals surface area contributed by atoms with Crippen molar-refractivity contribution in [3.63, 3.8) is 0 Å². The summed E-state index contributed by atoms with van der Waals surface area (Å²) in [6.45, 7) is 19.5. The fraction of sp³-hybridized carbons (Fsp3) is 0.471. The number of hydrogen-bond donors (Lipinski definition) is 2. The van der Waals surface area contributed by atoms with E-state index in [1.165, 1.54) is 4.88 Å². The van der Waals surface area contributed by atoms with Gasteiger partial charge in [0, 0.05) is 32.9 Å². The van der Waals surface area contributed by atoms with E-state index in [1.807, 2.05) is 30.5 Å². The van der Waals surface area contributed by atoms with Crippen LogP contribution in [0.1, 0.15) is 106 Å². The quantitative estimate of drug-likeness (QED) is 0.303. The molecule has 0 fully saturated rings. The molecule has 0 aliphatic heterocycles. The molecule has 0 radical (unpaired) electrons. The Bertz CT molecular complexity index is 1400.